The van der Waals surface area contributed by atoms with Crippen molar-refractivity contribution in [2.45, 2.75) is 64.3 Å². The smallest absolute Gasteiger partial charge is 0.0776 e. The zero-order chi connectivity index (χ0) is 13.4. The Morgan fingerprint density at radius 2 is 2.00 bits per heavy atom. The molecule has 0 amide bonds. The topological polar surface area (TPSA) is 39.1 Å². The zero-order valence-electron chi connectivity index (χ0n) is 11.7. The van der Waals surface area contributed by atoms with E-state index in [-0.39, 0.29) is 0 Å². The lowest BCUT2D eigenvalue weighted by atomic mass is 10.2. The van der Waals surface area contributed by atoms with E-state index >= 15 is 0 Å². The van der Waals surface area contributed by atoms with Crippen molar-refractivity contribution in [2.75, 3.05) is 6.54 Å². The van der Waals surface area contributed by atoms with Gasteiger partial charge in [0.25, 0.3) is 0 Å². The van der Waals surface area contributed by atoms with Crippen LogP contribution in [0.1, 0.15) is 37.1 Å². The summed E-state index contributed by atoms with van der Waals surface area (Å²) in [4.78, 5) is 0. The molecule has 1 aliphatic heterocycles. The number of hydrogen-bond donors (Lipinski definition) is 1. The lowest BCUT2D eigenvalue weighted by molar-refractivity contribution is 0.0336. The molecule has 2 unspecified atom stereocenters. The van der Waals surface area contributed by atoms with Crippen molar-refractivity contribution in [1.82, 2.24) is 15.1 Å². The molecule has 1 saturated carbocycles. The van der Waals surface area contributed by atoms with Crippen LogP contribution in [0.5, 0.6) is 0 Å². The minimum atomic E-state index is 0.316. The summed E-state index contributed by atoms with van der Waals surface area (Å²) < 4.78 is 9.30. The first kappa shape index (κ1) is 13.6. The highest BCUT2D eigenvalue weighted by molar-refractivity contribution is 9.10. The molecule has 1 aromatic heterocycles. The largest absolute Gasteiger partial charge is 0.372 e. The Morgan fingerprint density at radius 1 is 1.26 bits per heavy atom. The Labute approximate surface area is 123 Å². The molecule has 2 heterocycles. The summed E-state index contributed by atoms with van der Waals surface area (Å²) in [5.41, 5.74) is 2.25. The van der Waals surface area contributed by atoms with E-state index in [1.54, 1.807) is 0 Å². The third kappa shape index (κ3) is 3.20. The van der Waals surface area contributed by atoms with Crippen molar-refractivity contribution in [2.24, 2.45) is 0 Å². The van der Waals surface area contributed by atoms with Crippen molar-refractivity contribution < 1.29 is 4.74 Å². The average molecular weight is 328 g/mol. The number of nitrogens with one attached hydrogen (secondary N) is 1. The molecule has 2 aliphatic rings. The van der Waals surface area contributed by atoms with Gasteiger partial charge in [0.2, 0.25) is 0 Å². The van der Waals surface area contributed by atoms with Gasteiger partial charge >= 0.3 is 0 Å². The molecule has 0 spiro atoms. The molecule has 5 heteroatoms. The van der Waals surface area contributed by atoms with Crippen molar-refractivity contribution in [3.63, 3.8) is 0 Å². The van der Waals surface area contributed by atoms with E-state index in [9.17, 15) is 0 Å². The Bertz CT molecular complexity index is 456. The van der Waals surface area contributed by atoms with Crippen LogP contribution in [0.15, 0.2) is 4.47 Å². The molecule has 1 N–H and O–H groups in total. The van der Waals surface area contributed by atoms with Gasteiger partial charge < -0.3 is 10.1 Å². The van der Waals surface area contributed by atoms with Crippen LogP contribution in [0.2, 0.25) is 0 Å². The highest BCUT2D eigenvalue weighted by atomic mass is 79.9. The van der Waals surface area contributed by atoms with Crippen LogP contribution in [0, 0.1) is 13.8 Å². The second-order valence-electron chi connectivity index (χ2n) is 5.81. The van der Waals surface area contributed by atoms with Crippen LogP contribution < -0.4 is 5.32 Å². The van der Waals surface area contributed by atoms with Crippen LogP contribution in [0.3, 0.4) is 0 Å². The molecule has 1 saturated heterocycles. The van der Waals surface area contributed by atoms with Crippen molar-refractivity contribution in [3.8, 4) is 0 Å². The van der Waals surface area contributed by atoms with Gasteiger partial charge in [0.15, 0.2) is 0 Å². The SMILES string of the molecule is Cc1nn(CC2CCC(CNC3CC3)O2)c(C)c1Br. The Hall–Kier alpha value is -0.390. The minimum absolute atomic E-state index is 0.316. The zero-order valence-corrected chi connectivity index (χ0v) is 13.2. The van der Waals surface area contributed by atoms with Gasteiger partial charge in [0, 0.05) is 18.3 Å². The number of rotatable bonds is 5. The molecule has 4 nitrogen and oxygen atoms in total. The molecule has 1 aliphatic carbocycles. The highest BCUT2D eigenvalue weighted by Gasteiger charge is 2.28. The van der Waals surface area contributed by atoms with E-state index in [1.807, 2.05) is 6.92 Å². The van der Waals surface area contributed by atoms with E-state index < -0.39 is 0 Å². The fourth-order valence-corrected chi connectivity index (χ4v) is 2.98. The quantitative estimate of drug-likeness (QED) is 0.903. The van der Waals surface area contributed by atoms with Gasteiger partial charge in [-0.05, 0) is 55.5 Å². The van der Waals surface area contributed by atoms with Gasteiger partial charge in [-0.15, -0.1) is 0 Å². The summed E-state index contributed by atoms with van der Waals surface area (Å²) >= 11 is 3.57. The first-order valence-electron chi connectivity index (χ1n) is 7.22. The lowest BCUT2D eigenvalue weighted by Crippen LogP contribution is -2.29. The predicted molar refractivity (Wildman–Crippen MR) is 78.3 cm³/mol. The third-order valence-corrected chi connectivity index (χ3v) is 5.22. The molecular weight excluding hydrogens is 306 g/mol. The van der Waals surface area contributed by atoms with Gasteiger partial charge in [0.1, 0.15) is 0 Å². The summed E-state index contributed by atoms with van der Waals surface area (Å²) in [7, 11) is 0. The van der Waals surface area contributed by atoms with Crippen LogP contribution >= 0.6 is 15.9 Å². The molecule has 0 bridgehead atoms. The number of aromatic nitrogens is 2. The maximum Gasteiger partial charge on any atom is 0.0776 e. The standard InChI is InChI=1S/C14H22BrN3O/c1-9-14(15)10(2)18(17-9)8-13-6-5-12(19-13)7-16-11-3-4-11/h11-13,16H,3-8H2,1-2H3. The molecule has 106 valence electrons. The van der Waals surface area contributed by atoms with Gasteiger partial charge in [-0.25, -0.2) is 0 Å². The maximum absolute atomic E-state index is 6.11. The van der Waals surface area contributed by atoms with Crippen LogP contribution in [-0.2, 0) is 11.3 Å². The highest BCUT2D eigenvalue weighted by Crippen LogP contribution is 2.25. The van der Waals surface area contributed by atoms with Gasteiger partial charge in [0.05, 0.1) is 28.9 Å². The molecule has 19 heavy (non-hydrogen) atoms. The number of aryl methyl sites for hydroxylation is 1. The number of ether oxygens (including phenoxy) is 1. The average Bonchev–Trinajstić information content (AvgIpc) is 3.08. The van der Waals surface area contributed by atoms with E-state index in [1.165, 1.54) is 25.0 Å². The fourth-order valence-electron chi connectivity index (χ4n) is 2.70. The molecule has 3 rings (SSSR count). The monoisotopic (exact) mass is 327 g/mol. The molecule has 2 fully saturated rings. The molecule has 0 aromatic carbocycles. The number of hydrogen-bond acceptors (Lipinski definition) is 3. The van der Waals surface area contributed by atoms with Crippen molar-refractivity contribution in [1.29, 1.82) is 0 Å². The minimum Gasteiger partial charge on any atom is -0.372 e. The summed E-state index contributed by atoms with van der Waals surface area (Å²) in [6.07, 6.45) is 5.71. The summed E-state index contributed by atoms with van der Waals surface area (Å²) in [5, 5.41) is 8.11. The Kier molecular flexibility index (Phi) is 3.96. The van der Waals surface area contributed by atoms with Crippen LogP contribution in [0.25, 0.3) is 0 Å². The van der Waals surface area contributed by atoms with Crippen LogP contribution in [-0.4, -0.2) is 34.6 Å². The van der Waals surface area contributed by atoms with Gasteiger partial charge in [-0.1, -0.05) is 0 Å². The maximum atomic E-state index is 6.11. The molecule has 0 radical (unpaired) electrons. The Balaban J connectivity index is 1.51. The molecular formula is C14H22BrN3O. The fraction of sp³-hybridized carbons (Fsp3) is 0.786. The second kappa shape index (κ2) is 5.54. The number of nitrogens with zero attached hydrogens (tertiary/aromatic N) is 2. The van der Waals surface area contributed by atoms with E-state index in [0.717, 1.165) is 35.7 Å². The summed E-state index contributed by atoms with van der Waals surface area (Å²) in [6, 6.07) is 0.773. The Morgan fingerprint density at radius 3 is 2.63 bits per heavy atom. The molecule has 2 atom stereocenters. The van der Waals surface area contributed by atoms with Gasteiger partial charge in [-0.2, -0.15) is 5.10 Å². The summed E-state index contributed by atoms with van der Waals surface area (Å²) in [6.45, 7) is 6.02. The predicted octanol–water partition coefficient (Wildman–Crippen LogP) is 2.56. The number of halogens is 1. The van der Waals surface area contributed by atoms with E-state index in [4.69, 9.17) is 4.74 Å². The van der Waals surface area contributed by atoms with Crippen molar-refractivity contribution >= 4 is 15.9 Å². The molecule has 1 aromatic rings. The van der Waals surface area contributed by atoms with E-state index in [0.29, 0.717) is 12.2 Å². The summed E-state index contributed by atoms with van der Waals surface area (Å²) in [5.74, 6) is 0. The lowest BCUT2D eigenvalue weighted by Gasteiger charge is -2.15. The first-order chi connectivity index (χ1) is 9.13. The van der Waals surface area contributed by atoms with Crippen molar-refractivity contribution in [3.05, 3.63) is 15.9 Å². The van der Waals surface area contributed by atoms with Gasteiger partial charge in [-0.3, -0.25) is 4.68 Å². The second-order valence-corrected chi connectivity index (χ2v) is 6.60. The van der Waals surface area contributed by atoms with Crippen LogP contribution in [0.4, 0.5) is 0 Å². The first-order valence-corrected chi connectivity index (χ1v) is 8.01. The normalized spacial score (nSPS) is 27.1. The van der Waals surface area contributed by atoms with E-state index in [2.05, 4.69) is 38.0 Å². The third-order valence-electron chi connectivity index (χ3n) is 4.08.